The monoisotopic (exact) mass is 502 g/mol. The third-order valence-corrected chi connectivity index (χ3v) is 5.88. The van der Waals surface area contributed by atoms with Gasteiger partial charge in [-0.2, -0.15) is 0 Å². The van der Waals surface area contributed by atoms with E-state index in [9.17, 15) is 9.59 Å². The molecule has 0 aliphatic heterocycles. The van der Waals surface area contributed by atoms with E-state index >= 15 is 0 Å². The summed E-state index contributed by atoms with van der Waals surface area (Å²) in [5, 5.41) is 2.94. The second-order valence-corrected chi connectivity index (χ2v) is 9.58. The molecule has 0 fully saturated rings. The summed E-state index contributed by atoms with van der Waals surface area (Å²) >= 11 is 3.54. The third kappa shape index (κ3) is 7.37. The number of ether oxygens (including phenoxy) is 1. The summed E-state index contributed by atoms with van der Waals surface area (Å²) in [6.07, 6.45) is 0.517. The molecule has 1 N–H and O–H groups in total. The third-order valence-electron chi connectivity index (χ3n) is 5.26. The molecule has 0 radical (unpaired) electrons. The van der Waals surface area contributed by atoms with Gasteiger partial charge in [0.15, 0.2) is 6.61 Å². The topological polar surface area (TPSA) is 58.6 Å². The molecule has 2 aromatic rings. The van der Waals surface area contributed by atoms with Crippen molar-refractivity contribution in [2.24, 2.45) is 0 Å². The Morgan fingerprint density at radius 1 is 1.06 bits per heavy atom. The Balaban J connectivity index is 2.22. The number of hydrogen-bond donors (Lipinski definition) is 1. The second kappa shape index (κ2) is 12.0. The van der Waals surface area contributed by atoms with Gasteiger partial charge in [-0.05, 0) is 72.3 Å². The van der Waals surface area contributed by atoms with Gasteiger partial charge in [0.2, 0.25) is 5.91 Å². The summed E-state index contributed by atoms with van der Waals surface area (Å²) in [5.74, 6) is 0.635. The van der Waals surface area contributed by atoms with Gasteiger partial charge in [-0.3, -0.25) is 9.59 Å². The molecule has 0 saturated heterocycles. The van der Waals surface area contributed by atoms with Crippen LogP contribution in [0.3, 0.4) is 0 Å². The van der Waals surface area contributed by atoms with Gasteiger partial charge in [-0.1, -0.05) is 56.7 Å². The Bertz CT molecular complexity index is 910. The number of hydrogen-bond acceptors (Lipinski definition) is 3. The average molecular weight is 503 g/mol. The minimum Gasteiger partial charge on any atom is -0.483 e. The van der Waals surface area contributed by atoms with Crippen molar-refractivity contribution in [3.05, 3.63) is 63.6 Å². The van der Waals surface area contributed by atoms with E-state index in [1.54, 1.807) is 4.90 Å². The molecule has 1 atom stereocenters. The van der Waals surface area contributed by atoms with Gasteiger partial charge in [-0.25, -0.2) is 0 Å². The maximum atomic E-state index is 13.3. The number of amides is 2. The van der Waals surface area contributed by atoms with Gasteiger partial charge in [0, 0.05) is 12.6 Å². The largest absolute Gasteiger partial charge is 0.483 e. The highest BCUT2D eigenvalue weighted by Crippen LogP contribution is 2.29. The van der Waals surface area contributed by atoms with E-state index in [2.05, 4.69) is 35.1 Å². The van der Waals surface area contributed by atoms with Crippen molar-refractivity contribution < 1.29 is 14.3 Å². The van der Waals surface area contributed by atoms with E-state index in [0.717, 1.165) is 15.6 Å². The van der Waals surface area contributed by atoms with Gasteiger partial charge in [0.1, 0.15) is 11.8 Å². The number of rotatable bonds is 10. The summed E-state index contributed by atoms with van der Waals surface area (Å²) < 4.78 is 6.67. The summed E-state index contributed by atoms with van der Waals surface area (Å²) in [6, 6.07) is 13.3. The number of carbonyl (C=O) groups excluding carboxylic acids is 2. The number of halogens is 1. The normalized spacial score (nSPS) is 12.0. The first-order chi connectivity index (χ1) is 15.1. The molecular weight excluding hydrogens is 468 g/mol. The Morgan fingerprint density at radius 3 is 2.25 bits per heavy atom. The highest BCUT2D eigenvalue weighted by atomic mass is 79.9. The van der Waals surface area contributed by atoms with Crippen LogP contribution < -0.4 is 10.1 Å². The molecule has 2 aromatic carbocycles. The van der Waals surface area contributed by atoms with Crippen LogP contribution in [0.5, 0.6) is 5.75 Å². The maximum Gasteiger partial charge on any atom is 0.261 e. The summed E-state index contributed by atoms with van der Waals surface area (Å²) in [6.45, 7) is 12.2. The smallest absolute Gasteiger partial charge is 0.261 e. The van der Waals surface area contributed by atoms with Gasteiger partial charge < -0.3 is 15.0 Å². The van der Waals surface area contributed by atoms with E-state index in [4.69, 9.17) is 4.74 Å². The van der Waals surface area contributed by atoms with Crippen LogP contribution in [0.2, 0.25) is 0 Å². The second-order valence-electron chi connectivity index (χ2n) is 8.73. The van der Waals surface area contributed by atoms with Gasteiger partial charge in [0.25, 0.3) is 5.91 Å². The Hall–Kier alpha value is -2.34. The fourth-order valence-corrected chi connectivity index (χ4v) is 3.92. The van der Waals surface area contributed by atoms with Crippen molar-refractivity contribution in [1.82, 2.24) is 10.2 Å². The fraction of sp³-hybridized carbons (Fsp3) is 0.462. The lowest BCUT2D eigenvalue weighted by Gasteiger charge is -2.31. The molecule has 0 heterocycles. The summed E-state index contributed by atoms with van der Waals surface area (Å²) in [5.41, 5.74) is 3.31. The number of nitrogens with one attached hydrogen (secondary N) is 1. The van der Waals surface area contributed by atoms with E-state index < -0.39 is 6.04 Å². The molecule has 174 valence electrons. The standard InChI is InChI=1S/C26H35BrN2O3/c1-7-23(26(31)28-18(4)5)29(15-20-10-8-19(6)9-11-20)25(30)16-32-24-13-12-21(17(2)3)14-22(24)27/h8-14,17-18,23H,7,15-16H2,1-6H3,(H,28,31)/t23-/m0/s1. The van der Waals surface area contributed by atoms with Crippen molar-refractivity contribution in [2.75, 3.05) is 6.61 Å². The van der Waals surface area contributed by atoms with Crippen molar-refractivity contribution in [3.63, 3.8) is 0 Å². The molecule has 0 aromatic heterocycles. The first-order valence-electron chi connectivity index (χ1n) is 11.2. The number of carbonyl (C=O) groups is 2. The molecule has 6 heteroatoms. The molecule has 0 aliphatic carbocycles. The van der Waals surface area contributed by atoms with E-state index in [0.29, 0.717) is 24.6 Å². The maximum absolute atomic E-state index is 13.3. The van der Waals surface area contributed by atoms with Crippen LogP contribution in [0.4, 0.5) is 0 Å². The minimum absolute atomic E-state index is 0.000413. The molecule has 0 aliphatic rings. The lowest BCUT2D eigenvalue weighted by atomic mass is 10.0. The highest BCUT2D eigenvalue weighted by molar-refractivity contribution is 9.10. The van der Waals surface area contributed by atoms with Crippen LogP contribution in [-0.2, 0) is 16.1 Å². The van der Waals surface area contributed by atoms with E-state index in [1.807, 2.05) is 70.2 Å². The van der Waals surface area contributed by atoms with Crippen LogP contribution in [-0.4, -0.2) is 35.4 Å². The Morgan fingerprint density at radius 2 is 1.72 bits per heavy atom. The van der Waals surface area contributed by atoms with Crippen molar-refractivity contribution >= 4 is 27.7 Å². The molecule has 2 rings (SSSR count). The fourth-order valence-electron chi connectivity index (χ4n) is 3.41. The Labute approximate surface area is 200 Å². The predicted molar refractivity (Wildman–Crippen MR) is 133 cm³/mol. The zero-order valence-corrected chi connectivity index (χ0v) is 21.5. The predicted octanol–water partition coefficient (Wildman–Crippen LogP) is 5.59. The van der Waals surface area contributed by atoms with Crippen LogP contribution in [0.15, 0.2) is 46.9 Å². The molecule has 32 heavy (non-hydrogen) atoms. The first-order valence-corrected chi connectivity index (χ1v) is 12.0. The SMILES string of the molecule is CC[C@@H](C(=O)NC(C)C)N(Cc1ccc(C)cc1)C(=O)COc1ccc(C(C)C)cc1Br. The lowest BCUT2D eigenvalue weighted by molar-refractivity contribution is -0.143. The molecule has 0 spiro atoms. The van der Waals surface area contributed by atoms with E-state index in [-0.39, 0.29) is 24.5 Å². The molecular formula is C26H35BrN2O3. The number of aryl methyl sites for hydroxylation is 1. The zero-order chi connectivity index (χ0) is 23.8. The molecule has 0 bridgehead atoms. The Kier molecular flexibility index (Phi) is 9.76. The van der Waals surface area contributed by atoms with Crippen LogP contribution in [0, 0.1) is 6.92 Å². The summed E-state index contributed by atoms with van der Waals surface area (Å²) in [4.78, 5) is 27.7. The number of nitrogens with zero attached hydrogens (tertiary/aromatic N) is 1. The molecule has 0 unspecified atom stereocenters. The summed E-state index contributed by atoms with van der Waals surface area (Å²) in [7, 11) is 0. The quantitative estimate of drug-likeness (QED) is 0.460. The minimum atomic E-state index is -0.568. The number of benzene rings is 2. The van der Waals surface area contributed by atoms with Gasteiger partial charge in [-0.15, -0.1) is 0 Å². The van der Waals surface area contributed by atoms with Crippen molar-refractivity contribution in [1.29, 1.82) is 0 Å². The van der Waals surface area contributed by atoms with Crippen LogP contribution in [0.1, 0.15) is 63.6 Å². The van der Waals surface area contributed by atoms with Gasteiger partial charge in [0.05, 0.1) is 4.47 Å². The zero-order valence-electron chi connectivity index (χ0n) is 19.9. The molecule has 5 nitrogen and oxygen atoms in total. The van der Waals surface area contributed by atoms with Crippen molar-refractivity contribution in [3.8, 4) is 5.75 Å². The first kappa shape index (κ1) is 25.9. The van der Waals surface area contributed by atoms with Crippen LogP contribution >= 0.6 is 15.9 Å². The average Bonchev–Trinajstić information content (AvgIpc) is 2.73. The van der Waals surface area contributed by atoms with Gasteiger partial charge >= 0.3 is 0 Å². The molecule has 2 amide bonds. The van der Waals surface area contributed by atoms with Crippen LogP contribution in [0.25, 0.3) is 0 Å². The molecule has 0 saturated carbocycles. The van der Waals surface area contributed by atoms with E-state index in [1.165, 1.54) is 5.56 Å². The lowest BCUT2D eigenvalue weighted by Crippen LogP contribution is -2.51. The van der Waals surface area contributed by atoms with Crippen molar-refractivity contribution in [2.45, 2.75) is 72.5 Å². The highest BCUT2D eigenvalue weighted by Gasteiger charge is 2.29.